The van der Waals surface area contributed by atoms with Crippen LogP contribution < -0.4 is 10.6 Å². The summed E-state index contributed by atoms with van der Waals surface area (Å²) < 4.78 is 10.8. The van der Waals surface area contributed by atoms with Gasteiger partial charge >= 0.3 is 12.1 Å². The summed E-state index contributed by atoms with van der Waals surface area (Å²) in [7, 11) is 1.32. The van der Waals surface area contributed by atoms with E-state index in [1.807, 2.05) is 24.3 Å². The van der Waals surface area contributed by atoms with Gasteiger partial charge in [0.05, 0.1) is 32.0 Å². The Labute approximate surface area is 202 Å². The van der Waals surface area contributed by atoms with E-state index in [1.54, 1.807) is 11.8 Å². The van der Waals surface area contributed by atoms with Gasteiger partial charge in [0, 0.05) is 30.6 Å². The molecule has 8 nitrogen and oxygen atoms in total. The fraction of sp³-hybridized carbons (Fsp3) is 0.667. The molecule has 33 heavy (non-hydrogen) atoms. The molecule has 186 valence electrons. The van der Waals surface area contributed by atoms with Crippen LogP contribution in [-0.4, -0.2) is 67.6 Å². The van der Waals surface area contributed by atoms with Crippen molar-refractivity contribution in [2.75, 3.05) is 33.4 Å². The standard InChI is InChI=1S/C24H38ClN3O5/c1-16(2)13-21(17(3)29)27-23(30)28-11-6-8-19(15-28)22(18-7-5-9-20(25)14-18)33-12-10-26-24(31)32-4/h5,7,9,14,16-17,19,21-22,29H,6,8,10-13,15H2,1-4H3,(H,26,31)(H,27,30)/t17-,19-,21+,22+/m1/s1. The summed E-state index contributed by atoms with van der Waals surface area (Å²) in [6, 6.07) is 7.09. The van der Waals surface area contributed by atoms with Crippen LogP contribution in [0.4, 0.5) is 9.59 Å². The Morgan fingerprint density at radius 1 is 1.30 bits per heavy atom. The maximum absolute atomic E-state index is 13.0. The molecular weight excluding hydrogens is 446 g/mol. The zero-order valence-corrected chi connectivity index (χ0v) is 20.8. The van der Waals surface area contributed by atoms with E-state index in [0.717, 1.165) is 18.4 Å². The zero-order valence-electron chi connectivity index (χ0n) is 20.1. The lowest BCUT2D eigenvalue weighted by atomic mass is 9.88. The van der Waals surface area contributed by atoms with E-state index in [0.29, 0.717) is 43.6 Å². The first-order chi connectivity index (χ1) is 15.7. The smallest absolute Gasteiger partial charge is 0.406 e. The number of likely N-dealkylation sites (tertiary alicyclic amines) is 1. The molecule has 4 atom stereocenters. The van der Waals surface area contributed by atoms with Crippen LogP contribution in [0.3, 0.4) is 0 Å². The summed E-state index contributed by atoms with van der Waals surface area (Å²) in [5.41, 5.74) is 0.939. The predicted octanol–water partition coefficient (Wildman–Crippen LogP) is 3.97. The molecule has 0 unspecified atom stereocenters. The summed E-state index contributed by atoms with van der Waals surface area (Å²) in [5, 5.41) is 16.3. The normalized spacial score (nSPS) is 19.0. The molecule has 2 rings (SSSR count). The topological polar surface area (TPSA) is 100 Å². The molecule has 0 saturated carbocycles. The number of hydrogen-bond acceptors (Lipinski definition) is 5. The molecule has 0 spiro atoms. The Hall–Kier alpha value is -2.03. The Kier molecular flexibility index (Phi) is 11.2. The number of carbonyl (C=O) groups excluding carboxylic acids is 2. The van der Waals surface area contributed by atoms with Crippen molar-refractivity contribution in [2.24, 2.45) is 11.8 Å². The highest BCUT2D eigenvalue weighted by Crippen LogP contribution is 2.34. The molecule has 1 saturated heterocycles. The number of carbonyl (C=O) groups is 2. The van der Waals surface area contributed by atoms with Crippen molar-refractivity contribution in [3.8, 4) is 0 Å². The highest BCUT2D eigenvalue weighted by molar-refractivity contribution is 6.30. The van der Waals surface area contributed by atoms with E-state index < -0.39 is 12.2 Å². The number of benzene rings is 1. The van der Waals surface area contributed by atoms with E-state index in [9.17, 15) is 14.7 Å². The van der Waals surface area contributed by atoms with Gasteiger partial charge in [0.25, 0.3) is 0 Å². The van der Waals surface area contributed by atoms with Crippen molar-refractivity contribution < 1.29 is 24.2 Å². The second-order valence-corrected chi connectivity index (χ2v) is 9.48. The van der Waals surface area contributed by atoms with Crippen LogP contribution in [0, 0.1) is 11.8 Å². The van der Waals surface area contributed by atoms with Crippen molar-refractivity contribution in [1.82, 2.24) is 15.5 Å². The fourth-order valence-electron chi connectivity index (χ4n) is 4.17. The number of aliphatic hydroxyl groups excluding tert-OH is 1. The molecule has 1 aromatic carbocycles. The molecule has 0 radical (unpaired) electrons. The van der Waals surface area contributed by atoms with Gasteiger partial charge in [-0.25, -0.2) is 9.59 Å². The first-order valence-electron chi connectivity index (χ1n) is 11.6. The molecule has 1 heterocycles. The average Bonchev–Trinajstić information content (AvgIpc) is 2.78. The van der Waals surface area contributed by atoms with E-state index in [1.165, 1.54) is 7.11 Å². The van der Waals surface area contributed by atoms with E-state index in [2.05, 4.69) is 29.2 Å². The number of amides is 3. The van der Waals surface area contributed by atoms with Gasteiger partial charge in [-0.15, -0.1) is 0 Å². The van der Waals surface area contributed by atoms with Gasteiger partial charge in [-0.3, -0.25) is 0 Å². The third kappa shape index (κ3) is 9.02. The number of urea groups is 1. The lowest BCUT2D eigenvalue weighted by Crippen LogP contribution is -2.52. The zero-order chi connectivity index (χ0) is 24.4. The summed E-state index contributed by atoms with van der Waals surface area (Å²) >= 11 is 6.23. The highest BCUT2D eigenvalue weighted by atomic mass is 35.5. The van der Waals surface area contributed by atoms with Crippen LogP contribution in [0.5, 0.6) is 0 Å². The Morgan fingerprint density at radius 3 is 2.70 bits per heavy atom. The van der Waals surface area contributed by atoms with Gasteiger partial charge in [-0.1, -0.05) is 37.6 Å². The van der Waals surface area contributed by atoms with Crippen molar-refractivity contribution in [2.45, 2.75) is 58.3 Å². The summed E-state index contributed by atoms with van der Waals surface area (Å²) in [4.78, 5) is 26.1. The number of methoxy groups -OCH3 is 1. The maximum Gasteiger partial charge on any atom is 0.406 e. The molecule has 1 aromatic rings. The molecule has 0 aromatic heterocycles. The van der Waals surface area contributed by atoms with Gasteiger partial charge in [0.15, 0.2) is 0 Å². The molecule has 3 amide bonds. The molecule has 1 fully saturated rings. The lowest BCUT2D eigenvalue weighted by molar-refractivity contribution is -0.00895. The van der Waals surface area contributed by atoms with Crippen LogP contribution in [0.15, 0.2) is 24.3 Å². The predicted molar refractivity (Wildman–Crippen MR) is 128 cm³/mol. The minimum atomic E-state index is -0.623. The molecule has 1 aliphatic heterocycles. The van der Waals surface area contributed by atoms with E-state index in [4.69, 9.17) is 16.3 Å². The summed E-state index contributed by atoms with van der Waals surface area (Å²) in [6.07, 6.45) is 1.05. The number of alkyl carbamates (subject to hydrolysis) is 1. The number of nitrogens with one attached hydrogen (secondary N) is 2. The molecule has 3 N–H and O–H groups in total. The first kappa shape index (κ1) is 27.2. The fourth-order valence-corrected chi connectivity index (χ4v) is 4.37. The number of nitrogens with zero attached hydrogens (tertiary/aromatic N) is 1. The van der Waals surface area contributed by atoms with Crippen molar-refractivity contribution in [3.05, 3.63) is 34.9 Å². The Morgan fingerprint density at radius 2 is 2.06 bits per heavy atom. The van der Waals surface area contributed by atoms with Crippen molar-refractivity contribution >= 4 is 23.7 Å². The second-order valence-electron chi connectivity index (χ2n) is 9.04. The third-order valence-corrected chi connectivity index (χ3v) is 6.06. The molecule has 0 bridgehead atoms. The number of rotatable bonds is 10. The Balaban J connectivity index is 2.08. The minimum absolute atomic E-state index is 0.0659. The van der Waals surface area contributed by atoms with Gasteiger partial charge in [0.1, 0.15) is 0 Å². The summed E-state index contributed by atoms with van der Waals surface area (Å²) in [5.74, 6) is 0.425. The largest absolute Gasteiger partial charge is 0.453 e. The van der Waals surface area contributed by atoms with E-state index in [-0.39, 0.29) is 24.1 Å². The number of aliphatic hydroxyl groups is 1. The number of piperidine rings is 1. The SMILES string of the molecule is COC(=O)NCCO[C@@H](c1cccc(Cl)c1)[C@@H]1CCCN(C(=O)N[C@@H](CC(C)C)[C@@H](C)O)C1. The van der Waals surface area contributed by atoms with Crippen LogP contribution >= 0.6 is 11.6 Å². The quantitative estimate of drug-likeness (QED) is 0.437. The van der Waals surface area contributed by atoms with Crippen molar-refractivity contribution in [1.29, 1.82) is 0 Å². The highest BCUT2D eigenvalue weighted by Gasteiger charge is 2.32. The Bertz CT molecular complexity index is 761. The van der Waals surface area contributed by atoms with Gasteiger partial charge in [-0.2, -0.15) is 0 Å². The second kappa shape index (κ2) is 13.6. The molecular formula is C24H38ClN3O5. The molecule has 0 aliphatic carbocycles. The van der Waals surface area contributed by atoms with Gasteiger partial charge < -0.3 is 30.1 Å². The van der Waals surface area contributed by atoms with Crippen LogP contribution in [0.1, 0.15) is 51.7 Å². The third-order valence-electron chi connectivity index (χ3n) is 5.82. The minimum Gasteiger partial charge on any atom is -0.453 e. The maximum atomic E-state index is 13.0. The first-order valence-corrected chi connectivity index (χ1v) is 12.0. The van der Waals surface area contributed by atoms with Gasteiger partial charge in [0.2, 0.25) is 0 Å². The number of halogens is 1. The average molecular weight is 484 g/mol. The number of hydrogen-bond donors (Lipinski definition) is 3. The van der Waals surface area contributed by atoms with Crippen LogP contribution in [0.2, 0.25) is 5.02 Å². The monoisotopic (exact) mass is 483 g/mol. The van der Waals surface area contributed by atoms with Crippen LogP contribution in [-0.2, 0) is 9.47 Å². The van der Waals surface area contributed by atoms with Crippen LogP contribution in [0.25, 0.3) is 0 Å². The van der Waals surface area contributed by atoms with Crippen molar-refractivity contribution in [3.63, 3.8) is 0 Å². The number of ether oxygens (including phenoxy) is 2. The molecule has 1 aliphatic rings. The lowest BCUT2D eigenvalue weighted by Gasteiger charge is -2.38. The molecule has 9 heteroatoms. The van der Waals surface area contributed by atoms with Gasteiger partial charge in [-0.05, 0) is 49.8 Å². The van der Waals surface area contributed by atoms with E-state index >= 15 is 0 Å². The summed E-state index contributed by atoms with van der Waals surface area (Å²) in [6.45, 7) is 7.64.